The van der Waals surface area contributed by atoms with E-state index in [1.165, 1.54) is 10.4 Å². The van der Waals surface area contributed by atoms with Crippen LogP contribution < -0.4 is 5.32 Å². The molecule has 16 heavy (non-hydrogen) atoms. The van der Waals surface area contributed by atoms with Crippen LogP contribution in [0.5, 0.6) is 0 Å². The molecule has 0 aliphatic carbocycles. The van der Waals surface area contributed by atoms with E-state index < -0.39 is 0 Å². The first-order valence-corrected chi connectivity index (χ1v) is 6.30. The Labute approximate surface area is 99.6 Å². The van der Waals surface area contributed by atoms with Gasteiger partial charge in [-0.25, -0.2) is 9.97 Å². The van der Waals surface area contributed by atoms with Gasteiger partial charge in [0.15, 0.2) is 5.82 Å². The number of anilines is 1. The van der Waals surface area contributed by atoms with Crippen LogP contribution in [0.25, 0.3) is 10.6 Å². The monoisotopic (exact) mass is 233 g/mol. The molecule has 0 saturated carbocycles. The largest absolute Gasteiger partial charge is 0.368 e. The van der Waals surface area contributed by atoms with E-state index in [2.05, 4.69) is 40.6 Å². The lowest BCUT2D eigenvalue weighted by Gasteiger charge is -2.08. The molecule has 0 unspecified atom stereocenters. The highest BCUT2D eigenvalue weighted by Gasteiger charge is 2.10. The van der Waals surface area contributed by atoms with Crippen molar-refractivity contribution in [3.8, 4) is 10.6 Å². The summed E-state index contributed by atoms with van der Waals surface area (Å²) in [6.07, 6.45) is 4.55. The van der Waals surface area contributed by atoms with Crippen LogP contribution in [0.1, 0.15) is 18.9 Å². The molecule has 2 heterocycles. The van der Waals surface area contributed by atoms with Gasteiger partial charge in [0.1, 0.15) is 5.69 Å². The Morgan fingerprint density at radius 2 is 2.12 bits per heavy atom. The van der Waals surface area contributed by atoms with Crippen LogP contribution in [0.3, 0.4) is 0 Å². The molecule has 0 spiro atoms. The highest BCUT2D eigenvalue weighted by Crippen LogP contribution is 2.31. The molecule has 2 aromatic heterocycles. The zero-order chi connectivity index (χ0) is 11.4. The van der Waals surface area contributed by atoms with Crippen molar-refractivity contribution < 1.29 is 0 Å². The van der Waals surface area contributed by atoms with Crippen molar-refractivity contribution in [2.45, 2.75) is 20.3 Å². The first-order chi connectivity index (χ1) is 7.83. The lowest BCUT2D eigenvalue weighted by Crippen LogP contribution is -2.04. The highest BCUT2D eigenvalue weighted by atomic mass is 32.1. The molecule has 0 aliphatic heterocycles. The normalized spacial score (nSPS) is 10.4. The molecule has 0 atom stereocenters. The highest BCUT2D eigenvalue weighted by molar-refractivity contribution is 7.13. The molecule has 0 saturated heterocycles. The predicted molar refractivity (Wildman–Crippen MR) is 68.9 cm³/mol. The van der Waals surface area contributed by atoms with Gasteiger partial charge in [0.05, 0.1) is 4.88 Å². The van der Waals surface area contributed by atoms with Crippen LogP contribution in [0, 0.1) is 6.92 Å². The van der Waals surface area contributed by atoms with E-state index in [1.54, 1.807) is 23.7 Å². The van der Waals surface area contributed by atoms with Gasteiger partial charge in [-0.3, -0.25) is 0 Å². The summed E-state index contributed by atoms with van der Waals surface area (Å²) in [5.41, 5.74) is 2.22. The van der Waals surface area contributed by atoms with Gasteiger partial charge < -0.3 is 5.32 Å². The fraction of sp³-hybridized carbons (Fsp3) is 0.333. The van der Waals surface area contributed by atoms with Crippen molar-refractivity contribution in [1.29, 1.82) is 0 Å². The van der Waals surface area contributed by atoms with Gasteiger partial charge in [-0.15, -0.1) is 11.3 Å². The summed E-state index contributed by atoms with van der Waals surface area (Å²) in [5.74, 6) is 0.884. The van der Waals surface area contributed by atoms with Crippen LogP contribution in [0.15, 0.2) is 23.8 Å². The molecule has 0 aliphatic rings. The fourth-order valence-corrected chi connectivity index (χ4v) is 2.42. The Morgan fingerprint density at radius 1 is 1.31 bits per heavy atom. The Hall–Kier alpha value is -1.42. The number of aryl methyl sites for hydroxylation is 1. The maximum Gasteiger partial charge on any atom is 0.153 e. The molecule has 2 rings (SSSR count). The predicted octanol–water partition coefficient (Wildman–Crippen LogP) is 3.34. The van der Waals surface area contributed by atoms with Gasteiger partial charge in [-0.05, 0) is 30.4 Å². The second kappa shape index (κ2) is 5.07. The maximum absolute atomic E-state index is 4.42. The minimum absolute atomic E-state index is 0.884. The van der Waals surface area contributed by atoms with E-state index in [1.807, 2.05) is 0 Å². The Bertz CT molecular complexity index is 465. The van der Waals surface area contributed by atoms with Gasteiger partial charge >= 0.3 is 0 Å². The van der Waals surface area contributed by atoms with Crippen LogP contribution in [0.4, 0.5) is 5.82 Å². The third kappa shape index (κ3) is 2.22. The van der Waals surface area contributed by atoms with Crippen LogP contribution in [-0.2, 0) is 0 Å². The van der Waals surface area contributed by atoms with Gasteiger partial charge in [-0.2, -0.15) is 0 Å². The number of rotatable bonds is 4. The first-order valence-electron chi connectivity index (χ1n) is 5.42. The molecule has 1 N–H and O–H groups in total. The molecule has 2 aromatic rings. The summed E-state index contributed by atoms with van der Waals surface area (Å²) in [6.45, 7) is 5.17. The summed E-state index contributed by atoms with van der Waals surface area (Å²) >= 11 is 1.71. The minimum atomic E-state index is 0.884. The van der Waals surface area contributed by atoms with Gasteiger partial charge in [-0.1, -0.05) is 6.92 Å². The average Bonchev–Trinajstić information content (AvgIpc) is 2.73. The third-order valence-corrected chi connectivity index (χ3v) is 3.34. The van der Waals surface area contributed by atoms with Crippen molar-refractivity contribution in [3.05, 3.63) is 29.4 Å². The topological polar surface area (TPSA) is 37.8 Å². The lowest BCUT2D eigenvalue weighted by molar-refractivity contribution is 0.966. The quantitative estimate of drug-likeness (QED) is 0.880. The van der Waals surface area contributed by atoms with Crippen LogP contribution >= 0.6 is 11.3 Å². The Kier molecular flexibility index (Phi) is 3.51. The van der Waals surface area contributed by atoms with Crippen LogP contribution in [-0.4, -0.2) is 16.5 Å². The number of aromatic nitrogens is 2. The number of hydrogen-bond donors (Lipinski definition) is 1. The van der Waals surface area contributed by atoms with Crippen molar-refractivity contribution in [1.82, 2.24) is 9.97 Å². The molecule has 0 aromatic carbocycles. The molecule has 3 nitrogen and oxygen atoms in total. The van der Waals surface area contributed by atoms with Gasteiger partial charge in [0.2, 0.25) is 0 Å². The molecular weight excluding hydrogens is 218 g/mol. The van der Waals surface area contributed by atoms with E-state index in [0.29, 0.717) is 0 Å². The first kappa shape index (κ1) is 11.1. The number of nitrogens with zero attached hydrogens (tertiary/aromatic N) is 2. The Balaban J connectivity index is 2.37. The molecule has 0 bridgehead atoms. The number of hydrogen-bond acceptors (Lipinski definition) is 4. The lowest BCUT2D eigenvalue weighted by atomic mass is 10.2. The van der Waals surface area contributed by atoms with Gasteiger partial charge in [0.25, 0.3) is 0 Å². The number of thiophene rings is 1. The van der Waals surface area contributed by atoms with E-state index in [-0.39, 0.29) is 0 Å². The number of nitrogens with one attached hydrogen (secondary N) is 1. The molecular formula is C12H15N3S. The summed E-state index contributed by atoms with van der Waals surface area (Å²) < 4.78 is 0. The standard InChI is InChI=1S/C12H15N3S/c1-3-5-14-12-10(13-6-7-15-12)11-9(2)4-8-16-11/h4,6-8H,3,5H2,1-2H3,(H,14,15). The zero-order valence-corrected chi connectivity index (χ0v) is 10.3. The molecule has 0 radical (unpaired) electrons. The van der Waals surface area contributed by atoms with Crippen molar-refractivity contribution >= 4 is 17.2 Å². The summed E-state index contributed by atoms with van der Waals surface area (Å²) in [5, 5.41) is 5.40. The van der Waals surface area contributed by atoms with Crippen molar-refractivity contribution in [2.24, 2.45) is 0 Å². The average molecular weight is 233 g/mol. The Morgan fingerprint density at radius 3 is 2.81 bits per heavy atom. The van der Waals surface area contributed by atoms with Crippen molar-refractivity contribution in [3.63, 3.8) is 0 Å². The molecule has 84 valence electrons. The summed E-state index contributed by atoms with van der Waals surface area (Å²) in [7, 11) is 0. The SMILES string of the molecule is CCCNc1nccnc1-c1sccc1C. The molecule has 4 heteroatoms. The zero-order valence-electron chi connectivity index (χ0n) is 9.53. The van der Waals surface area contributed by atoms with Gasteiger partial charge in [0, 0.05) is 18.9 Å². The smallest absolute Gasteiger partial charge is 0.153 e. The second-order valence-corrected chi connectivity index (χ2v) is 4.53. The maximum atomic E-state index is 4.42. The fourth-order valence-electron chi connectivity index (χ4n) is 1.49. The summed E-state index contributed by atoms with van der Waals surface area (Å²) in [6, 6.07) is 2.11. The van der Waals surface area contributed by atoms with E-state index in [9.17, 15) is 0 Å². The summed E-state index contributed by atoms with van der Waals surface area (Å²) in [4.78, 5) is 9.97. The molecule has 0 fully saturated rings. The second-order valence-electron chi connectivity index (χ2n) is 3.61. The van der Waals surface area contributed by atoms with Crippen LogP contribution in [0.2, 0.25) is 0 Å². The third-order valence-electron chi connectivity index (χ3n) is 2.32. The van der Waals surface area contributed by atoms with E-state index in [0.717, 1.165) is 24.5 Å². The van der Waals surface area contributed by atoms with E-state index >= 15 is 0 Å². The van der Waals surface area contributed by atoms with Crippen molar-refractivity contribution in [2.75, 3.05) is 11.9 Å². The molecule has 0 amide bonds. The van der Waals surface area contributed by atoms with E-state index in [4.69, 9.17) is 0 Å². The minimum Gasteiger partial charge on any atom is -0.368 e.